The van der Waals surface area contributed by atoms with E-state index in [2.05, 4.69) is 5.32 Å². The maximum atomic E-state index is 12.6. The van der Waals surface area contributed by atoms with E-state index >= 15 is 0 Å². The third-order valence-electron chi connectivity index (χ3n) is 4.04. The minimum Gasteiger partial charge on any atom is -0.372 e. The Morgan fingerprint density at radius 2 is 1.67 bits per heavy atom. The van der Waals surface area contributed by atoms with E-state index in [0.717, 1.165) is 5.56 Å². The topological polar surface area (TPSA) is 58.6 Å². The first-order valence-electron chi connectivity index (χ1n) is 8.49. The SMILES string of the molecule is C[C@@H]1CN(C(=O)c2ccc(CNC(=O)C(C)(C)C)cc2)C[C@H](C)O1. The molecule has 2 rings (SSSR count). The fraction of sp³-hybridized carbons (Fsp3) is 0.579. The molecule has 0 unspecified atom stereocenters. The Balaban J connectivity index is 1.96. The summed E-state index contributed by atoms with van der Waals surface area (Å²) in [6, 6.07) is 7.43. The normalized spacial score (nSPS) is 21.5. The van der Waals surface area contributed by atoms with Gasteiger partial charge < -0.3 is 15.0 Å². The van der Waals surface area contributed by atoms with Gasteiger partial charge in [0.1, 0.15) is 0 Å². The summed E-state index contributed by atoms with van der Waals surface area (Å²) in [7, 11) is 0. The van der Waals surface area contributed by atoms with Crippen LogP contribution in [0.5, 0.6) is 0 Å². The predicted octanol–water partition coefficient (Wildman–Crippen LogP) is 2.60. The molecule has 0 saturated carbocycles. The smallest absolute Gasteiger partial charge is 0.254 e. The second-order valence-corrected chi connectivity index (χ2v) is 7.60. The van der Waals surface area contributed by atoms with Crippen molar-refractivity contribution in [2.24, 2.45) is 5.41 Å². The monoisotopic (exact) mass is 332 g/mol. The first kappa shape index (κ1) is 18.5. The number of carbonyl (C=O) groups is 2. The van der Waals surface area contributed by atoms with Crippen LogP contribution in [-0.2, 0) is 16.1 Å². The minimum absolute atomic E-state index is 0.0129. The molecule has 1 heterocycles. The van der Waals surface area contributed by atoms with E-state index in [1.807, 2.05) is 63.8 Å². The van der Waals surface area contributed by atoms with Gasteiger partial charge in [-0.3, -0.25) is 9.59 Å². The molecule has 24 heavy (non-hydrogen) atoms. The lowest BCUT2D eigenvalue weighted by atomic mass is 9.95. The van der Waals surface area contributed by atoms with Gasteiger partial charge >= 0.3 is 0 Å². The maximum Gasteiger partial charge on any atom is 0.254 e. The minimum atomic E-state index is -0.403. The van der Waals surface area contributed by atoms with Crippen LogP contribution in [0.25, 0.3) is 0 Å². The lowest BCUT2D eigenvalue weighted by Gasteiger charge is -2.35. The van der Waals surface area contributed by atoms with E-state index in [1.54, 1.807) is 0 Å². The third-order valence-corrected chi connectivity index (χ3v) is 4.04. The molecular weight excluding hydrogens is 304 g/mol. The number of morpholine rings is 1. The quantitative estimate of drug-likeness (QED) is 0.925. The van der Waals surface area contributed by atoms with Crippen molar-refractivity contribution in [1.82, 2.24) is 10.2 Å². The summed E-state index contributed by atoms with van der Waals surface area (Å²) in [5, 5.41) is 2.91. The van der Waals surface area contributed by atoms with Gasteiger partial charge in [-0.25, -0.2) is 0 Å². The summed E-state index contributed by atoms with van der Waals surface area (Å²) in [4.78, 5) is 26.3. The second kappa shape index (κ2) is 7.34. The largest absolute Gasteiger partial charge is 0.372 e. The molecule has 1 aromatic rings. The zero-order valence-electron chi connectivity index (χ0n) is 15.3. The molecule has 5 heteroatoms. The van der Waals surface area contributed by atoms with Gasteiger partial charge in [0.2, 0.25) is 5.91 Å². The second-order valence-electron chi connectivity index (χ2n) is 7.60. The molecule has 1 N–H and O–H groups in total. The molecule has 1 aliphatic heterocycles. The average Bonchev–Trinajstić information content (AvgIpc) is 2.50. The van der Waals surface area contributed by atoms with E-state index in [0.29, 0.717) is 25.2 Å². The van der Waals surface area contributed by atoms with Crippen LogP contribution in [0.1, 0.15) is 50.5 Å². The van der Waals surface area contributed by atoms with Crippen molar-refractivity contribution in [2.75, 3.05) is 13.1 Å². The Morgan fingerprint density at radius 1 is 1.12 bits per heavy atom. The van der Waals surface area contributed by atoms with Crippen molar-refractivity contribution in [2.45, 2.75) is 53.4 Å². The third kappa shape index (κ3) is 4.81. The summed E-state index contributed by atoms with van der Waals surface area (Å²) in [6.07, 6.45) is 0.120. The van der Waals surface area contributed by atoms with Crippen LogP contribution in [-0.4, -0.2) is 42.0 Å². The highest BCUT2D eigenvalue weighted by Crippen LogP contribution is 2.16. The first-order valence-corrected chi connectivity index (χ1v) is 8.49. The molecule has 0 spiro atoms. The van der Waals surface area contributed by atoms with Crippen LogP contribution in [0.3, 0.4) is 0 Å². The lowest BCUT2D eigenvalue weighted by Crippen LogP contribution is -2.48. The van der Waals surface area contributed by atoms with Crippen molar-refractivity contribution in [3.63, 3.8) is 0 Å². The lowest BCUT2D eigenvalue weighted by molar-refractivity contribution is -0.128. The van der Waals surface area contributed by atoms with Crippen LogP contribution >= 0.6 is 0 Å². The summed E-state index contributed by atoms with van der Waals surface area (Å²) in [6.45, 7) is 11.3. The first-order chi connectivity index (χ1) is 11.2. The zero-order chi connectivity index (χ0) is 17.9. The van der Waals surface area contributed by atoms with Gasteiger partial charge in [0, 0.05) is 30.6 Å². The summed E-state index contributed by atoms with van der Waals surface area (Å²) in [5.41, 5.74) is 1.25. The van der Waals surface area contributed by atoms with E-state index in [-0.39, 0.29) is 24.0 Å². The molecule has 5 nitrogen and oxygen atoms in total. The Kier molecular flexibility index (Phi) is 5.65. The van der Waals surface area contributed by atoms with Crippen molar-refractivity contribution in [3.05, 3.63) is 35.4 Å². The fourth-order valence-electron chi connectivity index (χ4n) is 2.74. The average molecular weight is 332 g/mol. The van der Waals surface area contributed by atoms with E-state index in [4.69, 9.17) is 4.74 Å². The number of benzene rings is 1. The number of carbonyl (C=O) groups excluding carboxylic acids is 2. The summed E-state index contributed by atoms with van der Waals surface area (Å²) in [5.74, 6) is 0.0428. The number of hydrogen-bond acceptors (Lipinski definition) is 3. The maximum absolute atomic E-state index is 12.6. The van der Waals surface area contributed by atoms with Crippen molar-refractivity contribution >= 4 is 11.8 Å². The molecule has 0 bridgehead atoms. The molecular formula is C19H28N2O3. The van der Waals surface area contributed by atoms with Gasteiger partial charge in [-0.1, -0.05) is 32.9 Å². The van der Waals surface area contributed by atoms with Crippen molar-refractivity contribution in [1.29, 1.82) is 0 Å². The highest BCUT2D eigenvalue weighted by molar-refractivity contribution is 5.94. The number of amides is 2. The van der Waals surface area contributed by atoms with E-state index in [1.165, 1.54) is 0 Å². The number of nitrogens with one attached hydrogen (secondary N) is 1. The highest BCUT2D eigenvalue weighted by atomic mass is 16.5. The molecule has 0 radical (unpaired) electrons. The molecule has 0 aromatic heterocycles. The Hall–Kier alpha value is -1.88. The fourth-order valence-corrected chi connectivity index (χ4v) is 2.74. The number of hydrogen-bond donors (Lipinski definition) is 1. The van der Waals surface area contributed by atoms with Crippen molar-refractivity contribution in [3.8, 4) is 0 Å². The van der Waals surface area contributed by atoms with Gasteiger partial charge in [0.25, 0.3) is 5.91 Å². The zero-order valence-corrected chi connectivity index (χ0v) is 15.3. The van der Waals surface area contributed by atoms with E-state index < -0.39 is 5.41 Å². The molecule has 1 aromatic carbocycles. The number of ether oxygens (including phenoxy) is 1. The number of nitrogens with zero attached hydrogens (tertiary/aromatic N) is 1. The van der Waals surface area contributed by atoms with Crippen LogP contribution in [0.4, 0.5) is 0 Å². The Labute approximate surface area is 144 Å². The van der Waals surface area contributed by atoms with E-state index in [9.17, 15) is 9.59 Å². The molecule has 2 amide bonds. The van der Waals surface area contributed by atoms with Crippen LogP contribution < -0.4 is 5.32 Å². The van der Waals surface area contributed by atoms with Gasteiger partial charge in [0.05, 0.1) is 12.2 Å². The Morgan fingerprint density at radius 3 is 2.17 bits per heavy atom. The van der Waals surface area contributed by atoms with Crippen LogP contribution in [0.15, 0.2) is 24.3 Å². The van der Waals surface area contributed by atoms with Crippen LogP contribution in [0.2, 0.25) is 0 Å². The highest BCUT2D eigenvalue weighted by Gasteiger charge is 2.26. The predicted molar refractivity (Wildman–Crippen MR) is 93.7 cm³/mol. The molecule has 1 fully saturated rings. The standard InChI is InChI=1S/C19H28N2O3/c1-13-11-21(12-14(2)24-13)17(22)16-8-6-15(7-9-16)10-20-18(23)19(3,4)5/h6-9,13-14H,10-12H2,1-5H3,(H,20,23)/t13-,14+. The Bertz CT molecular complexity index is 580. The molecule has 2 atom stereocenters. The van der Waals surface area contributed by atoms with Gasteiger partial charge in [-0.15, -0.1) is 0 Å². The number of rotatable bonds is 3. The van der Waals surface area contributed by atoms with Gasteiger partial charge in [-0.2, -0.15) is 0 Å². The van der Waals surface area contributed by atoms with Gasteiger partial charge in [0.15, 0.2) is 0 Å². The summed E-state index contributed by atoms with van der Waals surface area (Å²) < 4.78 is 5.67. The summed E-state index contributed by atoms with van der Waals surface area (Å²) >= 11 is 0. The molecule has 1 aliphatic rings. The van der Waals surface area contributed by atoms with Gasteiger partial charge in [-0.05, 0) is 31.5 Å². The van der Waals surface area contributed by atoms with Crippen molar-refractivity contribution < 1.29 is 14.3 Å². The molecule has 132 valence electrons. The molecule has 1 saturated heterocycles. The van der Waals surface area contributed by atoms with Crippen LogP contribution in [0, 0.1) is 5.41 Å². The molecule has 0 aliphatic carbocycles.